The van der Waals surface area contributed by atoms with E-state index < -0.39 is 17.7 Å². The molecule has 174 valence electrons. The zero-order valence-electron chi connectivity index (χ0n) is 18.7. The summed E-state index contributed by atoms with van der Waals surface area (Å²) in [6, 6.07) is 16.3. The molecule has 1 aliphatic heterocycles. The Kier molecular flexibility index (Phi) is 6.84. The fraction of sp³-hybridized carbons (Fsp3) is 0.192. The van der Waals surface area contributed by atoms with Gasteiger partial charge in [-0.3, -0.25) is 14.6 Å². The van der Waals surface area contributed by atoms with E-state index >= 15 is 0 Å². The molecular formula is C26H23ClN2O5. The van der Waals surface area contributed by atoms with Gasteiger partial charge in [0.1, 0.15) is 23.3 Å². The van der Waals surface area contributed by atoms with Gasteiger partial charge in [-0.1, -0.05) is 35.9 Å². The molecule has 7 nitrogen and oxygen atoms in total. The van der Waals surface area contributed by atoms with Crippen molar-refractivity contribution in [3.05, 3.63) is 94.3 Å². The molecule has 1 saturated heterocycles. The van der Waals surface area contributed by atoms with Crippen LogP contribution in [0.5, 0.6) is 11.5 Å². The third-order valence-corrected chi connectivity index (χ3v) is 5.87. The molecule has 4 rings (SSSR count). The number of benzene rings is 2. The number of hydrogen-bond acceptors (Lipinski definition) is 6. The number of aliphatic hydroxyl groups is 1. The Morgan fingerprint density at radius 3 is 2.59 bits per heavy atom. The van der Waals surface area contributed by atoms with E-state index in [0.29, 0.717) is 29.4 Å². The third-order valence-electron chi connectivity index (χ3n) is 5.55. The first-order valence-corrected chi connectivity index (χ1v) is 11.1. The second kappa shape index (κ2) is 9.97. The van der Waals surface area contributed by atoms with Crippen LogP contribution in [-0.2, 0) is 16.1 Å². The highest BCUT2D eigenvalue weighted by Crippen LogP contribution is 2.41. The molecule has 0 aliphatic carbocycles. The Hall–Kier alpha value is -3.84. The summed E-state index contributed by atoms with van der Waals surface area (Å²) in [5.41, 5.74) is 1.26. The van der Waals surface area contributed by atoms with E-state index in [1.165, 1.54) is 12.0 Å². The van der Waals surface area contributed by atoms with Gasteiger partial charge < -0.3 is 19.5 Å². The number of para-hydroxylation sites is 1. The van der Waals surface area contributed by atoms with Crippen LogP contribution in [0.1, 0.15) is 29.8 Å². The molecule has 1 aliphatic rings. The zero-order chi connectivity index (χ0) is 24.2. The number of aromatic nitrogens is 1. The van der Waals surface area contributed by atoms with E-state index in [1.54, 1.807) is 48.7 Å². The molecule has 2 aromatic carbocycles. The average molecular weight is 479 g/mol. The van der Waals surface area contributed by atoms with Gasteiger partial charge in [-0.2, -0.15) is 0 Å². The molecule has 1 atom stereocenters. The van der Waals surface area contributed by atoms with E-state index in [2.05, 4.69) is 4.98 Å². The van der Waals surface area contributed by atoms with E-state index in [0.717, 1.165) is 0 Å². The first kappa shape index (κ1) is 23.3. The molecule has 1 N–H and O–H groups in total. The van der Waals surface area contributed by atoms with Crippen LogP contribution in [0.3, 0.4) is 0 Å². The standard InChI is InChI=1S/C26H23ClN2O5/c1-3-34-17-11-12-19(27)18(14-17)24(30)22-23(20-9-6-7-13-28-20)29(26(32)25(22)31)15-16-8-4-5-10-21(16)33-2/h4-14,23,30H,3,15H2,1-2H3/b24-22+. The van der Waals surface area contributed by atoms with Crippen LogP contribution in [0.4, 0.5) is 0 Å². The quantitative estimate of drug-likeness (QED) is 0.299. The lowest BCUT2D eigenvalue weighted by molar-refractivity contribution is -0.140. The Balaban J connectivity index is 1.87. The number of aliphatic hydroxyl groups excluding tert-OH is 1. The number of ether oxygens (including phenoxy) is 2. The molecule has 1 amide bonds. The molecule has 0 spiro atoms. The third kappa shape index (κ3) is 4.34. The lowest BCUT2D eigenvalue weighted by Crippen LogP contribution is -2.29. The van der Waals surface area contributed by atoms with Crippen molar-refractivity contribution in [1.82, 2.24) is 9.88 Å². The van der Waals surface area contributed by atoms with Crippen LogP contribution >= 0.6 is 11.6 Å². The molecule has 0 bridgehead atoms. The smallest absolute Gasteiger partial charge is 0.296 e. The first-order valence-electron chi connectivity index (χ1n) is 10.7. The molecule has 2 heterocycles. The summed E-state index contributed by atoms with van der Waals surface area (Å²) in [4.78, 5) is 32.2. The number of pyridine rings is 1. The Labute approximate surface area is 202 Å². The number of ketones is 1. The van der Waals surface area contributed by atoms with Gasteiger partial charge in [0.15, 0.2) is 0 Å². The topological polar surface area (TPSA) is 89.0 Å². The highest BCUT2D eigenvalue weighted by Gasteiger charge is 2.47. The number of methoxy groups -OCH3 is 1. The lowest BCUT2D eigenvalue weighted by Gasteiger charge is -2.25. The molecule has 1 aromatic heterocycles. The number of rotatable bonds is 7. The minimum Gasteiger partial charge on any atom is -0.507 e. The number of nitrogens with zero attached hydrogens (tertiary/aromatic N) is 2. The monoisotopic (exact) mass is 478 g/mol. The summed E-state index contributed by atoms with van der Waals surface area (Å²) < 4.78 is 10.9. The van der Waals surface area contributed by atoms with Gasteiger partial charge in [0.05, 0.1) is 36.6 Å². The van der Waals surface area contributed by atoms with Crippen molar-refractivity contribution >= 4 is 29.1 Å². The number of halogens is 1. The van der Waals surface area contributed by atoms with Crippen LogP contribution in [0.2, 0.25) is 5.02 Å². The van der Waals surface area contributed by atoms with E-state index in [9.17, 15) is 14.7 Å². The van der Waals surface area contributed by atoms with Gasteiger partial charge in [-0.25, -0.2) is 0 Å². The SMILES string of the molecule is CCOc1ccc(Cl)c(/C(O)=C2\C(=O)C(=O)N(Cc3ccccc3OC)C2c2ccccn2)c1. The molecular weight excluding hydrogens is 456 g/mol. The molecule has 1 unspecified atom stereocenters. The van der Waals surface area contributed by atoms with Crippen LogP contribution in [0, 0.1) is 0 Å². The molecule has 0 radical (unpaired) electrons. The normalized spacial score (nSPS) is 17.1. The Morgan fingerprint density at radius 2 is 1.88 bits per heavy atom. The molecule has 3 aromatic rings. The maximum absolute atomic E-state index is 13.2. The highest BCUT2D eigenvalue weighted by molar-refractivity contribution is 6.46. The van der Waals surface area contributed by atoms with Gasteiger partial charge >= 0.3 is 0 Å². The van der Waals surface area contributed by atoms with Crippen molar-refractivity contribution in [1.29, 1.82) is 0 Å². The summed E-state index contributed by atoms with van der Waals surface area (Å²) in [6.07, 6.45) is 1.57. The van der Waals surface area contributed by atoms with Crippen molar-refractivity contribution in [3.63, 3.8) is 0 Å². The summed E-state index contributed by atoms with van der Waals surface area (Å²) in [6.45, 7) is 2.33. The van der Waals surface area contributed by atoms with Gasteiger partial charge in [-0.05, 0) is 43.3 Å². The number of likely N-dealkylation sites (tertiary alicyclic amines) is 1. The van der Waals surface area contributed by atoms with Crippen LogP contribution in [0.15, 0.2) is 72.4 Å². The number of amides is 1. The van der Waals surface area contributed by atoms with Crippen LogP contribution < -0.4 is 9.47 Å². The van der Waals surface area contributed by atoms with Crippen LogP contribution in [-0.4, -0.2) is 40.4 Å². The fourth-order valence-electron chi connectivity index (χ4n) is 3.99. The minimum absolute atomic E-state index is 0.0827. The fourth-order valence-corrected chi connectivity index (χ4v) is 4.20. The number of carbonyl (C=O) groups is 2. The maximum atomic E-state index is 13.2. The maximum Gasteiger partial charge on any atom is 0.296 e. The average Bonchev–Trinajstić information content (AvgIpc) is 3.10. The second-order valence-corrected chi connectivity index (χ2v) is 7.98. The highest BCUT2D eigenvalue weighted by atomic mass is 35.5. The molecule has 1 fully saturated rings. The minimum atomic E-state index is -0.919. The van der Waals surface area contributed by atoms with Crippen molar-refractivity contribution < 1.29 is 24.2 Å². The Bertz CT molecular complexity index is 1260. The molecule has 34 heavy (non-hydrogen) atoms. The molecule has 0 saturated carbocycles. The lowest BCUT2D eigenvalue weighted by atomic mass is 9.98. The van der Waals surface area contributed by atoms with Crippen molar-refractivity contribution in [3.8, 4) is 11.5 Å². The van der Waals surface area contributed by atoms with Crippen molar-refractivity contribution in [2.45, 2.75) is 19.5 Å². The predicted octanol–water partition coefficient (Wildman–Crippen LogP) is 4.76. The summed E-state index contributed by atoms with van der Waals surface area (Å²) in [7, 11) is 1.54. The summed E-state index contributed by atoms with van der Waals surface area (Å²) >= 11 is 6.36. The van der Waals surface area contributed by atoms with Crippen molar-refractivity contribution in [2.24, 2.45) is 0 Å². The first-order chi connectivity index (χ1) is 16.5. The van der Waals surface area contributed by atoms with Crippen molar-refractivity contribution in [2.75, 3.05) is 13.7 Å². The molecule has 8 heteroatoms. The van der Waals surface area contributed by atoms with Gasteiger partial charge in [-0.15, -0.1) is 0 Å². The number of carbonyl (C=O) groups excluding carboxylic acids is 2. The van der Waals surface area contributed by atoms with E-state index in [4.69, 9.17) is 21.1 Å². The van der Waals surface area contributed by atoms with Gasteiger partial charge in [0.25, 0.3) is 11.7 Å². The van der Waals surface area contributed by atoms with Gasteiger partial charge in [0.2, 0.25) is 0 Å². The Morgan fingerprint density at radius 1 is 1.12 bits per heavy atom. The largest absolute Gasteiger partial charge is 0.507 e. The second-order valence-electron chi connectivity index (χ2n) is 7.57. The summed E-state index contributed by atoms with van der Waals surface area (Å²) in [5.74, 6) is -0.896. The number of hydrogen-bond donors (Lipinski definition) is 1. The van der Waals surface area contributed by atoms with E-state index in [-0.39, 0.29) is 28.5 Å². The predicted molar refractivity (Wildman–Crippen MR) is 128 cm³/mol. The van der Waals surface area contributed by atoms with Crippen LogP contribution in [0.25, 0.3) is 5.76 Å². The van der Waals surface area contributed by atoms with Gasteiger partial charge in [0, 0.05) is 17.3 Å². The number of Topliss-reactive ketones (excluding diaryl/α,β-unsaturated/α-hetero) is 1. The zero-order valence-corrected chi connectivity index (χ0v) is 19.5. The van der Waals surface area contributed by atoms with E-state index in [1.807, 2.05) is 25.1 Å². The summed E-state index contributed by atoms with van der Waals surface area (Å²) in [5, 5.41) is 11.5.